The summed E-state index contributed by atoms with van der Waals surface area (Å²) in [5, 5.41) is 0. The Hall–Kier alpha value is -1.55. The lowest BCUT2D eigenvalue weighted by Crippen LogP contribution is -2.54. The van der Waals surface area contributed by atoms with Gasteiger partial charge in [-0.2, -0.15) is 0 Å². The van der Waals surface area contributed by atoms with Crippen LogP contribution in [0.3, 0.4) is 0 Å². The standard InChI is InChI=1S/C19H28N2O2/c1-20(2)16-7-5-6-15(14-16)10-11-19(22)21-12-13-23-18-9-4-3-8-17(18)21/h5-7,14,17-18H,3-4,8-13H2,1-2H3/t17-,18-/m1/s1. The molecule has 2 atom stereocenters. The van der Waals surface area contributed by atoms with Gasteiger partial charge in [0, 0.05) is 32.7 Å². The van der Waals surface area contributed by atoms with Crippen molar-refractivity contribution in [1.82, 2.24) is 4.90 Å². The first-order valence-corrected chi connectivity index (χ1v) is 8.82. The Balaban J connectivity index is 1.59. The molecule has 0 spiro atoms. The van der Waals surface area contributed by atoms with Gasteiger partial charge in [-0.25, -0.2) is 0 Å². The molecule has 4 heteroatoms. The Morgan fingerprint density at radius 2 is 2.13 bits per heavy atom. The summed E-state index contributed by atoms with van der Waals surface area (Å²) in [4.78, 5) is 16.9. The fourth-order valence-electron chi connectivity index (χ4n) is 3.79. The van der Waals surface area contributed by atoms with Gasteiger partial charge in [-0.1, -0.05) is 25.0 Å². The van der Waals surface area contributed by atoms with Crippen LogP contribution in [0, 0.1) is 0 Å². The fourth-order valence-corrected chi connectivity index (χ4v) is 3.79. The van der Waals surface area contributed by atoms with Crippen molar-refractivity contribution < 1.29 is 9.53 Å². The molecule has 1 amide bonds. The number of carbonyl (C=O) groups excluding carboxylic acids is 1. The van der Waals surface area contributed by atoms with Gasteiger partial charge in [0.15, 0.2) is 0 Å². The molecular formula is C19H28N2O2. The molecule has 1 heterocycles. The lowest BCUT2D eigenvalue weighted by Gasteiger charge is -2.43. The monoisotopic (exact) mass is 316 g/mol. The number of morpholine rings is 1. The number of benzene rings is 1. The highest BCUT2D eigenvalue weighted by atomic mass is 16.5. The second-order valence-corrected chi connectivity index (χ2v) is 6.91. The SMILES string of the molecule is CN(C)c1cccc(CCC(=O)N2CCO[C@@H]3CCCC[C@H]32)c1. The zero-order valence-electron chi connectivity index (χ0n) is 14.3. The number of hydrogen-bond acceptors (Lipinski definition) is 3. The molecule has 126 valence electrons. The van der Waals surface area contributed by atoms with Gasteiger partial charge in [0.1, 0.15) is 0 Å². The molecule has 23 heavy (non-hydrogen) atoms. The number of amides is 1. The van der Waals surface area contributed by atoms with Gasteiger partial charge in [0.05, 0.1) is 18.8 Å². The number of ether oxygens (including phenoxy) is 1. The third-order valence-corrected chi connectivity index (χ3v) is 5.11. The van der Waals surface area contributed by atoms with Gasteiger partial charge in [-0.05, 0) is 37.0 Å². The molecule has 0 unspecified atom stereocenters. The molecule has 1 aromatic rings. The number of hydrogen-bond donors (Lipinski definition) is 0. The highest BCUT2D eigenvalue weighted by Crippen LogP contribution is 2.29. The third kappa shape index (κ3) is 3.86. The highest BCUT2D eigenvalue weighted by molar-refractivity contribution is 5.77. The number of fused-ring (bicyclic) bond motifs is 1. The molecule has 3 rings (SSSR count). The second-order valence-electron chi connectivity index (χ2n) is 6.91. The Kier molecular flexibility index (Phi) is 5.21. The van der Waals surface area contributed by atoms with E-state index in [4.69, 9.17) is 4.74 Å². The van der Waals surface area contributed by atoms with Crippen molar-refractivity contribution in [1.29, 1.82) is 0 Å². The van der Waals surface area contributed by atoms with Crippen molar-refractivity contribution in [2.45, 2.75) is 50.7 Å². The van der Waals surface area contributed by atoms with E-state index >= 15 is 0 Å². The van der Waals surface area contributed by atoms with E-state index in [1.807, 2.05) is 14.1 Å². The molecule has 2 aliphatic rings. The molecule has 0 N–H and O–H groups in total. The van der Waals surface area contributed by atoms with Gasteiger partial charge < -0.3 is 14.5 Å². The van der Waals surface area contributed by atoms with Crippen LogP contribution >= 0.6 is 0 Å². The van der Waals surface area contributed by atoms with E-state index in [-0.39, 0.29) is 6.10 Å². The van der Waals surface area contributed by atoms with Crippen LogP contribution in [-0.4, -0.2) is 50.2 Å². The van der Waals surface area contributed by atoms with Crippen molar-refractivity contribution >= 4 is 11.6 Å². The summed E-state index contributed by atoms with van der Waals surface area (Å²) in [6.45, 7) is 1.46. The molecular weight excluding hydrogens is 288 g/mol. The maximum absolute atomic E-state index is 12.7. The Labute approximate surface area is 139 Å². The number of aryl methyl sites for hydroxylation is 1. The van der Waals surface area contributed by atoms with E-state index in [1.54, 1.807) is 0 Å². The lowest BCUT2D eigenvalue weighted by atomic mass is 9.90. The zero-order valence-corrected chi connectivity index (χ0v) is 14.3. The van der Waals surface area contributed by atoms with Gasteiger partial charge >= 0.3 is 0 Å². The average molecular weight is 316 g/mol. The van der Waals surface area contributed by atoms with E-state index in [2.05, 4.69) is 34.1 Å². The molecule has 4 nitrogen and oxygen atoms in total. The second kappa shape index (κ2) is 7.35. The first-order valence-electron chi connectivity index (χ1n) is 8.82. The Morgan fingerprint density at radius 1 is 1.30 bits per heavy atom. The van der Waals surface area contributed by atoms with Crippen LogP contribution in [0.5, 0.6) is 0 Å². The first kappa shape index (κ1) is 16.3. The van der Waals surface area contributed by atoms with Crippen LogP contribution in [0.1, 0.15) is 37.7 Å². The van der Waals surface area contributed by atoms with Crippen molar-refractivity contribution in [3.63, 3.8) is 0 Å². The van der Waals surface area contributed by atoms with Crippen LogP contribution in [0.15, 0.2) is 24.3 Å². The van der Waals surface area contributed by atoms with E-state index in [1.165, 1.54) is 24.1 Å². The summed E-state index contributed by atoms with van der Waals surface area (Å²) in [7, 11) is 4.09. The van der Waals surface area contributed by atoms with Crippen molar-refractivity contribution in [3.05, 3.63) is 29.8 Å². The molecule has 1 saturated heterocycles. The van der Waals surface area contributed by atoms with E-state index < -0.39 is 0 Å². The van der Waals surface area contributed by atoms with Crippen molar-refractivity contribution in [3.8, 4) is 0 Å². The maximum atomic E-state index is 12.7. The minimum atomic E-state index is 0.276. The summed E-state index contributed by atoms with van der Waals surface area (Å²) in [5.74, 6) is 0.292. The maximum Gasteiger partial charge on any atom is 0.223 e. The summed E-state index contributed by atoms with van der Waals surface area (Å²) < 4.78 is 5.87. The zero-order chi connectivity index (χ0) is 16.2. The van der Waals surface area contributed by atoms with Crippen molar-refractivity contribution in [2.75, 3.05) is 32.1 Å². The minimum Gasteiger partial charge on any atom is -0.378 e. The Bertz CT molecular complexity index is 542. The van der Waals surface area contributed by atoms with Crippen LogP contribution in [0.25, 0.3) is 0 Å². The Morgan fingerprint density at radius 3 is 2.96 bits per heavy atom. The number of anilines is 1. The van der Waals surface area contributed by atoms with Crippen molar-refractivity contribution in [2.24, 2.45) is 0 Å². The van der Waals surface area contributed by atoms with E-state index in [9.17, 15) is 4.79 Å². The first-order chi connectivity index (χ1) is 11.1. The van der Waals surface area contributed by atoms with Crippen LogP contribution in [0.2, 0.25) is 0 Å². The van der Waals surface area contributed by atoms with E-state index in [0.717, 1.165) is 25.8 Å². The molecule has 0 aromatic heterocycles. The summed E-state index contributed by atoms with van der Waals surface area (Å²) >= 11 is 0. The molecule has 1 aliphatic carbocycles. The van der Waals surface area contributed by atoms with Crippen LogP contribution < -0.4 is 4.90 Å². The fraction of sp³-hybridized carbons (Fsp3) is 0.632. The molecule has 0 radical (unpaired) electrons. The number of rotatable bonds is 4. The quantitative estimate of drug-likeness (QED) is 0.856. The summed E-state index contributed by atoms with van der Waals surface area (Å²) in [6.07, 6.45) is 6.36. The molecule has 1 aromatic carbocycles. The third-order valence-electron chi connectivity index (χ3n) is 5.11. The molecule has 1 aliphatic heterocycles. The number of carbonyl (C=O) groups is 1. The summed E-state index contributed by atoms with van der Waals surface area (Å²) in [5.41, 5.74) is 2.42. The van der Waals surface area contributed by atoms with Gasteiger partial charge in [0.25, 0.3) is 0 Å². The van der Waals surface area contributed by atoms with Gasteiger partial charge in [-0.3, -0.25) is 4.79 Å². The largest absolute Gasteiger partial charge is 0.378 e. The highest BCUT2D eigenvalue weighted by Gasteiger charge is 2.36. The topological polar surface area (TPSA) is 32.8 Å². The molecule has 2 fully saturated rings. The minimum absolute atomic E-state index is 0.276. The van der Waals surface area contributed by atoms with E-state index in [0.29, 0.717) is 25.0 Å². The summed E-state index contributed by atoms with van der Waals surface area (Å²) in [6, 6.07) is 8.78. The predicted molar refractivity (Wildman–Crippen MR) is 92.8 cm³/mol. The number of nitrogens with zero attached hydrogens (tertiary/aromatic N) is 2. The van der Waals surface area contributed by atoms with Gasteiger partial charge in [0.2, 0.25) is 5.91 Å². The van der Waals surface area contributed by atoms with Crippen LogP contribution in [0.4, 0.5) is 5.69 Å². The molecule has 0 bridgehead atoms. The predicted octanol–water partition coefficient (Wildman–Crippen LogP) is 2.86. The average Bonchev–Trinajstić information content (AvgIpc) is 2.59. The smallest absolute Gasteiger partial charge is 0.223 e. The molecule has 1 saturated carbocycles. The van der Waals surface area contributed by atoms with Crippen LogP contribution in [-0.2, 0) is 16.0 Å². The lowest BCUT2D eigenvalue weighted by molar-refractivity contribution is -0.149. The van der Waals surface area contributed by atoms with Gasteiger partial charge in [-0.15, -0.1) is 0 Å². The normalized spacial score (nSPS) is 24.2.